The fourth-order valence-electron chi connectivity index (χ4n) is 2.12. The molecule has 3 N–H and O–H groups in total. The zero-order valence-corrected chi connectivity index (χ0v) is 12.3. The van der Waals surface area contributed by atoms with Crippen LogP contribution in [-0.4, -0.2) is 5.91 Å². The Morgan fingerprint density at radius 2 is 1.80 bits per heavy atom. The number of hydrogen-bond donors (Lipinski definition) is 2. The van der Waals surface area contributed by atoms with Gasteiger partial charge in [-0.15, -0.1) is 0 Å². The highest BCUT2D eigenvalue weighted by molar-refractivity contribution is 5.93. The van der Waals surface area contributed by atoms with E-state index in [0.717, 1.165) is 19.3 Å². The number of halogens is 1. The first-order valence-corrected chi connectivity index (χ1v) is 7.49. The summed E-state index contributed by atoms with van der Waals surface area (Å²) in [4.78, 5) is 11.7. The van der Waals surface area contributed by atoms with Crippen LogP contribution in [0.15, 0.2) is 18.2 Å². The number of para-hydroxylation sites is 1. The van der Waals surface area contributed by atoms with Gasteiger partial charge in [0.25, 0.3) is 0 Å². The van der Waals surface area contributed by atoms with Crippen molar-refractivity contribution < 1.29 is 9.18 Å². The molecular formula is C16H25FN2O. The van der Waals surface area contributed by atoms with Gasteiger partial charge in [0.15, 0.2) is 0 Å². The average Bonchev–Trinajstić information content (AvgIpc) is 2.42. The van der Waals surface area contributed by atoms with Gasteiger partial charge in [-0.25, -0.2) is 4.39 Å². The third-order valence-corrected chi connectivity index (χ3v) is 3.32. The Morgan fingerprint density at radius 1 is 1.15 bits per heavy atom. The van der Waals surface area contributed by atoms with Crippen LogP contribution in [0.5, 0.6) is 0 Å². The van der Waals surface area contributed by atoms with E-state index in [1.165, 1.54) is 37.8 Å². The third-order valence-electron chi connectivity index (χ3n) is 3.32. The summed E-state index contributed by atoms with van der Waals surface area (Å²) in [6.45, 7) is 2.19. The molecule has 1 aromatic rings. The average molecular weight is 280 g/mol. The summed E-state index contributed by atoms with van der Waals surface area (Å²) >= 11 is 0. The van der Waals surface area contributed by atoms with Crippen molar-refractivity contribution in [3.63, 3.8) is 0 Å². The van der Waals surface area contributed by atoms with E-state index in [2.05, 4.69) is 12.2 Å². The standard InChI is InChI=1S/C16H25FN2O/c1-2-3-4-5-6-7-8-12-15(20)19-16-13(17)10-9-11-14(16)18/h9-11H,2-8,12,18H2,1H3,(H,19,20). The molecule has 0 saturated carbocycles. The number of carbonyl (C=O) groups excluding carboxylic acids is 1. The van der Waals surface area contributed by atoms with E-state index in [0.29, 0.717) is 6.42 Å². The van der Waals surface area contributed by atoms with Crippen molar-refractivity contribution in [2.75, 3.05) is 11.1 Å². The maximum absolute atomic E-state index is 13.5. The van der Waals surface area contributed by atoms with E-state index >= 15 is 0 Å². The van der Waals surface area contributed by atoms with Crippen LogP contribution in [0.1, 0.15) is 58.3 Å². The highest BCUT2D eigenvalue weighted by Crippen LogP contribution is 2.22. The number of benzene rings is 1. The number of carbonyl (C=O) groups is 1. The smallest absolute Gasteiger partial charge is 0.224 e. The van der Waals surface area contributed by atoms with Gasteiger partial charge in [-0.1, -0.05) is 51.5 Å². The highest BCUT2D eigenvalue weighted by atomic mass is 19.1. The molecule has 0 aromatic heterocycles. The molecular weight excluding hydrogens is 255 g/mol. The van der Waals surface area contributed by atoms with Crippen LogP contribution in [0.3, 0.4) is 0 Å². The van der Waals surface area contributed by atoms with E-state index in [4.69, 9.17) is 5.73 Å². The summed E-state index contributed by atoms with van der Waals surface area (Å²) in [7, 11) is 0. The predicted octanol–water partition coefficient (Wildman–Crippen LogP) is 4.49. The molecule has 0 bridgehead atoms. The van der Waals surface area contributed by atoms with Gasteiger partial charge < -0.3 is 11.1 Å². The second-order valence-corrected chi connectivity index (χ2v) is 5.12. The number of nitrogens with one attached hydrogen (secondary N) is 1. The summed E-state index contributed by atoms with van der Waals surface area (Å²) in [5, 5.41) is 2.55. The van der Waals surface area contributed by atoms with Crippen molar-refractivity contribution in [1.29, 1.82) is 0 Å². The minimum Gasteiger partial charge on any atom is -0.397 e. The number of nitrogens with two attached hydrogens (primary N) is 1. The number of hydrogen-bond acceptors (Lipinski definition) is 2. The van der Waals surface area contributed by atoms with Crippen LogP contribution in [0.2, 0.25) is 0 Å². The van der Waals surface area contributed by atoms with Gasteiger partial charge in [0.1, 0.15) is 11.5 Å². The molecule has 0 atom stereocenters. The molecule has 0 unspecified atom stereocenters. The molecule has 0 spiro atoms. The van der Waals surface area contributed by atoms with Crippen molar-refractivity contribution in [3.05, 3.63) is 24.0 Å². The van der Waals surface area contributed by atoms with Gasteiger partial charge >= 0.3 is 0 Å². The molecule has 4 heteroatoms. The van der Waals surface area contributed by atoms with Gasteiger partial charge in [-0.05, 0) is 18.6 Å². The predicted molar refractivity (Wildman–Crippen MR) is 82.1 cm³/mol. The maximum atomic E-state index is 13.5. The lowest BCUT2D eigenvalue weighted by Gasteiger charge is -2.09. The van der Waals surface area contributed by atoms with Crippen LogP contribution in [0, 0.1) is 5.82 Å². The monoisotopic (exact) mass is 280 g/mol. The fourth-order valence-corrected chi connectivity index (χ4v) is 2.12. The topological polar surface area (TPSA) is 55.1 Å². The van der Waals surface area contributed by atoms with Crippen LogP contribution in [0.4, 0.5) is 15.8 Å². The van der Waals surface area contributed by atoms with Crippen LogP contribution in [-0.2, 0) is 4.79 Å². The lowest BCUT2D eigenvalue weighted by Crippen LogP contribution is -2.13. The lowest BCUT2D eigenvalue weighted by molar-refractivity contribution is -0.116. The first-order chi connectivity index (χ1) is 9.65. The minimum absolute atomic E-state index is 0.0976. The Hall–Kier alpha value is -1.58. The molecule has 112 valence electrons. The molecule has 0 fully saturated rings. The van der Waals surface area contributed by atoms with Crippen molar-refractivity contribution in [1.82, 2.24) is 0 Å². The SMILES string of the molecule is CCCCCCCCCC(=O)Nc1c(N)cccc1F. The molecule has 1 amide bonds. The molecule has 0 aliphatic rings. The van der Waals surface area contributed by atoms with Crippen LogP contribution < -0.4 is 11.1 Å². The normalized spacial score (nSPS) is 10.5. The first kappa shape index (κ1) is 16.5. The second kappa shape index (κ2) is 9.34. The first-order valence-electron chi connectivity index (χ1n) is 7.49. The zero-order chi connectivity index (χ0) is 14.8. The van der Waals surface area contributed by atoms with E-state index in [1.54, 1.807) is 6.07 Å². The maximum Gasteiger partial charge on any atom is 0.224 e. The van der Waals surface area contributed by atoms with Crippen molar-refractivity contribution >= 4 is 17.3 Å². The number of nitrogen functional groups attached to an aromatic ring is 1. The summed E-state index contributed by atoms with van der Waals surface area (Å²) < 4.78 is 13.5. The van der Waals surface area contributed by atoms with Gasteiger partial charge in [-0.3, -0.25) is 4.79 Å². The number of unbranched alkanes of at least 4 members (excludes halogenated alkanes) is 6. The van der Waals surface area contributed by atoms with Crippen LogP contribution in [0.25, 0.3) is 0 Å². The molecule has 3 nitrogen and oxygen atoms in total. The van der Waals surface area contributed by atoms with Crippen molar-refractivity contribution in [2.24, 2.45) is 0 Å². The van der Waals surface area contributed by atoms with E-state index in [1.807, 2.05) is 0 Å². The molecule has 0 heterocycles. The lowest BCUT2D eigenvalue weighted by atomic mass is 10.1. The summed E-state index contributed by atoms with van der Waals surface area (Å²) in [5.74, 6) is -0.659. The van der Waals surface area contributed by atoms with Gasteiger partial charge in [0, 0.05) is 6.42 Å². The fraction of sp³-hybridized carbons (Fsp3) is 0.562. The van der Waals surface area contributed by atoms with Crippen molar-refractivity contribution in [3.8, 4) is 0 Å². The van der Waals surface area contributed by atoms with E-state index in [9.17, 15) is 9.18 Å². The zero-order valence-electron chi connectivity index (χ0n) is 12.3. The Balaban J connectivity index is 2.21. The Morgan fingerprint density at radius 3 is 2.45 bits per heavy atom. The molecule has 0 radical (unpaired) electrons. The van der Waals surface area contributed by atoms with Gasteiger partial charge in [0.2, 0.25) is 5.91 Å². The third kappa shape index (κ3) is 6.04. The number of anilines is 2. The second-order valence-electron chi connectivity index (χ2n) is 5.12. The molecule has 1 aromatic carbocycles. The number of amides is 1. The van der Waals surface area contributed by atoms with Gasteiger partial charge in [0.05, 0.1) is 5.69 Å². The summed E-state index contributed by atoms with van der Waals surface area (Å²) in [6, 6.07) is 4.39. The number of rotatable bonds is 9. The quantitative estimate of drug-likeness (QED) is 0.517. The minimum atomic E-state index is -0.488. The Bertz CT molecular complexity index is 401. The Kier molecular flexibility index (Phi) is 7.70. The van der Waals surface area contributed by atoms with E-state index in [-0.39, 0.29) is 17.3 Å². The molecule has 0 aliphatic carbocycles. The molecule has 20 heavy (non-hydrogen) atoms. The summed E-state index contributed by atoms with van der Waals surface area (Å²) in [6.07, 6.45) is 8.50. The highest BCUT2D eigenvalue weighted by Gasteiger charge is 2.09. The van der Waals surface area contributed by atoms with Crippen LogP contribution >= 0.6 is 0 Å². The van der Waals surface area contributed by atoms with Gasteiger partial charge in [-0.2, -0.15) is 0 Å². The van der Waals surface area contributed by atoms with E-state index < -0.39 is 5.82 Å². The largest absolute Gasteiger partial charge is 0.397 e. The van der Waals surface area contributed by atoms with Crippen molar-refractivity contribution in [2.45, 2.75) is 58.3 Å². The molecule has 0 saturated heterocycles. The summed E-state index contributed by atoms with van der Waals surface area (Å²) in [5.41, 5.74) is 6.00. The molecule has 0 aliphatic heterocycles. The Labute approximate surface area is 120 Å². The molecule has 1 rings (SSSR count).